The first-order valence-corrected chi connectivity index (χ1v) is 6.92. The third-order valence-corrected chi connectivity index (χ3v) is 3.37. The first-order valence-electron chi connectivity index (χ1n) is 6.48. The molecule has 1 aromatic carbocycles. The fraction of sp³-hybridized carbons (Fsp3) is 0.400. The number of hydrogen-bond acceptors (Lipinski definition) is 2. The third-order valence-electron chi connectivity index (χ3n) is 3.00. The van der Waals surface area contributed by atoms with Crippen molar-refractivity contribution in [2.75, 3.05) is 6.54 Å². The van der Waals surface area contributed by atoms with Gasteiger partial charge in [0.05, 0.1) is 5.52 Å². The van der Waals surface area contributed by atoms with Crippen LogP contribution in [0, 0.1) is 0 Å². The molecule has 0 radical (unpaired) electrons. The van der Waals surface area contributed by atoms with Crippen LogP contribution in [0.15, 0.2) is 36.5 Å². The van der Waals surface area contributed by atoms with Gasteiger partial charge in [0.2, 0.25) is 0 Å². The summed E-state index contributed by atoms with van der Waals surface area (Å²) in [5.74, 6) is 0. The van der Waals surface area contributed by atoms with Crippen LogP contribution in [0.25, 0.3) is 10.9 Å². The lowest BCUT2D eigenvalue weighted by atomic mass is 10.1. The smallest absolute Gasteiger partial charge is 0.0746 e. The van der Waals surface area contributed by atoms with E-state index < -0.39 is 0 Å². The van der Waals surface area contributed by atoms with Crippen molar-refractivity contribution in [3.05, 3.63) is 42.1 Å². The second-order valence-electron chi connectivity index (χ2n) is 4.51. The number of alkyl halides is 1. The molecule has 0 saturated carbocycles. The Labute approximate surface area is 113 Å². The molecule has 18 heavy (non-hydrogen) atoms. The number of nitrogens with one attached hydrogen (secondary N) is 1. The topological polar surface area (TPSA) is 24.9 Å². The van der Waals surface area contributed by atoms with Crippen molar-refractivity contribution < 1.29 is 0 Å². The molecular weight excluding hydrogens is 244 g/mol. The average Bonchev–Trinajstić information content (AvgIpc) is 2.39. The molecule has 0 aliphatic carbocycles. The molecule has 0 aliphatic rings. The first kappa shape index (κ1) is 13.3. The van der Waals surface area contributed by atoms with Crippen molar-refractivity contribution in [2.45, 2.75) is 31.7 Å². The predicted octanol–water partition coefficient (Wildman–Crippen LogP) is 3.73. The van der Waals surface area contributed by atoms with E-state index >= 15 is 0 Å². The lowest BCUT2D eigenvalue weighted by molar-refractivity contribution is 0.624. The van der Waals surface area contributed by atoms with E-state index in [1.54, 1.807) is 0 Å². The Hall–Kier alpha value is -1.12. The molecule has 0 amide bonds. The highest BCUT2D eigenvalue weighted by Crippen LogP contribution is 2.15. The molecular formula is C15H19ClN2. The highest BCUT2D eigenvalue weighted by molar-refractivity contribution is 6.20. The minimum Gasteiger partial charge on any atom is -0.311 e. The lowest BCUT2D eigenvalue weighted by Gasteiger charge is -2.10. The van der Waals surface area contributed by atoms with Crippen LogP contribution in [-0.4, -0.2) is 16.9 Å². The zero-order valence-electron chi connectivity index (χ0n) is 10.7. The Morgan fingerprint density at radius 3 is 2.94 bits per heavy atom. The van der Waals surface area contributed by atoms with Gasteiger partial charge in [0.1, 0.15) is 0 Å². The van der Waals surface area contributed by atoms with E-state index in [1.165, 1.54) is 10.9 Å². The van der Waals surface area contributed by atoms with E-state index in [2.05, 4.69) is 41.5 Å². The third kappa shape index (κ3) is 3.44. The standard InChI is InChI=1S/C15H19ClN2/c1-2-5-14(16)11-17-10-13-7-3-6-12-8-4-9-18-15(12)13/h3-4,6-9,14,17H,2,5,10-11H2,1H3. The monoisotopic (exact) mass is 262 g/mol. The van der Waals surface area contributed by atoms with Crippen LogP contribution < -0.4 is 5.32 Å². The van der Waals surface area contributed by atoms with Gasteiger partial charge in [-0.25, -0.2) is 0 Å². The van der Waals surface area contributed by atoms with Crippen LogP contribution in [-0.2, 0) is 6.54 Å². The summed E-state index contributed by atoms with van der Waals surface area (Å²) in [4.78, 5) is 4.44. The van der Waals surface area contributed by atoms with E-state index in [0.717, 1.165) is 31.4 Å². The van der Waals surface area contributed by atoms with Gasteiger partial charge in [0.15, 0.2) is 0 Å². The fourth-order valence-electron chi connectivity index (χ4n) is 2.09. The molecule has 96 valence electrons. The normalized spacial score (nSPS) is 12.8. The first-order chi connectivity index (χ1) is 8.81. The van der Waals surface area contributed by atoms with Crippen molar-refractivity contribution in [3.63, 3.8) is 0 Å². The number of para-hydroxylation sites is 1. The van der Waals surface area contributed by atoms with Crippen LogP contribution in [0.2, 0.25) is 0 Å². The van der Waals surface area contributed by atoms with Crippen LogP contribution in [0.4, 0.5) is 0 Å². The molecule has 1 aromatic heterocycles. The van der Waals surface area contributed by atoms with Gasteiger partial charge in [-0.15, -0.1) is 11.6 Å². The maximum atomic E-state index is 6.19. The summed E-state index contributed by atoms with van der Waals surface area (Å²) in [6.07, 6.45) is 4.03. The van der Waals surface area contributed by atoms with Crippen LogP contribution >= 0.6 is 11.6 Å². The lowest BCUT2D eigenvalue weighted by Crippen LogP contribution is -2.22. The van der Waals surface area contributed by atoms with Crippen LogP contribution in [0.1, 0.15) is 25.3 Å². The van der Waals surface area contributed by atoms with E-state index in [0.29, 0.717) is 0 Å². The molecule has 1 atom stereocenters. The van der Waals surface area contributed by atoms with E-state index in [-0.39, 0.29) is 5.38 Å². The number of benzene rings is 1. The molecule has 0 fully saturated rings. The summed E-state index contributed by atoms with van der Waals surface area (Å²) in [7, 11) is 0. The van der Waals surface area contributed by atoms with Gasteiger partial charge in [-0.05, 0) is 18.1 Å². The van der Waals surface area contributed by atoms with E-state index in [1.807, 2.05) is 12.3 Å². The zero-order valence-corrected chi connectivity index (χ0v) is 11.5. The second-order valence-corrected chi connectivity index (χ2v) is 5.13. The van der Waals surface area contributed by atoms with E-state index in [9.17, 15) is 0 Å². The average molecular weight is 263 g/mol. The largest absolute Gasteiger partial charge is 0.311 e. The Morgan fingerprint density at radius 2 is 2.11 bits per heavy atom. The van der Waals surface area contributed by atoms with E-state index in [4.69, 9.17) is 11.6 Å². The van der Waals surface area contributed by atoms with Crippen LogP contribution in [0.3, 0.4) is 0 Å². The maximum Gasteiger partial charge on any atom is 0.0746 e. The van der Waals surface area contributed by atoms with Gasteiger partial charge in [-0.1, -0.05) is 37.6 Å². The Bertz CT molecular complexity index is 493. The fourth-order valence-corrected chi connectivity index (χ4v) is 2.42. The number of aromatic nitrogens is 1. The van der Waals surface area contributed by atoms with Gasteiger partial charge in [0.25, 0.3) is 0 Å². The number of halogens is 1. The van der Waals surface area contributed by atoms with Crippen molar-refractivity contribution >= 4 is 22.5 Å². The summed E-state index contributed by atoms with van der Waals surface area (Å²) in [6.45, 7) is 3.82. The number of pyridine rings is 1. The molecule has 0 spiro atoms. The van der Waals surface area contributed by atoms with Gasteiger partial charge < -0.3 is 5.32 Å². The highest BCUT2D eigenvalue weighted by Gasteiger charge is 2.04. The van der Waals surface area contributed by atoms with Gasteiger partial charge in [-0.3, -0.25) is 4.98 Å². The van der Waals surface area contributed by atoms with Gasteiger partial charge in [0, 0.05) is 30.0 Å². The minimum atomic E-state index is 0.220. The highest BCUT2D eigenvalue weighted by atomic mass is 35.5. The Morgan fingerprint density at radius 1 is 1.28 bits per heavy atom. The van der Waals surface area contributed by atoms with Crippen molar-refractivity contribution in [1.29, 1.82) is 0 Å². The molecule has 3 heteroatoms. The quantitative estimate of drug-likeness (QED) is 0.803. The summed E-state index contributed by atoms with van der Waals surface area (Å²) in [5.41, 5.74) is 2.31. The second kappa shape index (κ2) is 6.72. The maximum absolute atomic E-state index is 6.19. The Kier molecular flexibility index (Phi) is 4.97. The molecule has 0 bridgehead atoms. The Balaban J connectivity index is 1.99. The molecule has 1 N–H and O–H groups in total. The number of fused-ring (bicyclic) bond motifs is 1. The molecule has 1 heterocycles. The molecule has 2 aromatic rings. The molecule has 0 aliphatic heterocycles. The molecule has 2 rings (SSSR count). The molecule has 1 unspecified atom stereocenters. The summed E-state index contributed by atoms with van der Waals surface area (Å²) >= 11 is 6.19. The van der Waals surface area contributed by atoms with Crippen molar-refractivity contribution in [1.82, 2.24) is 10.3 Å². The molecule has 2 nitrogen and oxygen atoms in total. The number of nitrogens with zero attached hydrogens (tertiary/aromatic N) is 1. The minimum absolute atomic E-state index is 0.220. The number of hydrogen-bond donors (Lipinski definition) is 1. The van der Waals surface area contributed by atoms with Gasteiger partial charge >= 0.3 is 0 Å². The van der Waals surface area contributed by atoms with Gasteiger partial charge in [-0.2, -0.15) is 0 Å². The van der Waals surface area contributed by atoms with Crippen LogP contribution in [0.5, 0.6) is 0 Å². The SMILES string of the molecule is CCCC(Cl)CNCc1cccc2cccnc12. The number of rotatable bonds is 6. The summed E-state index contributed by atoms with van der Waals surface area (Å²) < 4.78 is 0. The predicted molar refractivity (Wildman–Crippen MR) is 78.0 cm³/mol. The summed E-state index contributed by atoms with van der Waals surface area (Å²) in [5, 5.41) is 4.81. The zero-order chi connectivity index (χ0) is 12.8. The van der Waals surface area contributed by atoms with Crippen molar-refractivity contribution in [3.8, 4) is 0 Å². The molecule has 0 saturated heterocycles. The summed E-state index contributed by atoms with van der Waals surface area (Å²) in [6, 6.07) is 10.3. The van der Waals surface area contributed by atoms with Crippen molar-refractivity contribution in [2.24, 2.45) is 0 Å².